The van der Waals surface area contributed by atoms with Gasteiger partial charge in [0.05, 0.1) is 0 Å². The number of hydrogen-bond acceptors (Lipinski definition) is 2. The third-order valence-corrected chi connectivity index (χ3v) is 1.63. The van der Waals surface area contributed by atoms with Crippen molar-refractivity contribution in [1.82, 2.24) is 0 Å². The molecule has 0 saturated carbocycles. The number of ether oxygens (including phenoxy) is 1. The number of carbonyl (C=O) groups excluding carboxylic acids is 1. The molecular weight excluding hydrogens is 186 g/mol. The molecule has 0 aliphatic carbocycles. The highest BCUT2D eigenvalue weighted by molar-refractivity contribution is 9.09. The van der Waals surface area contributed by atoms with Crippen molar-refractivity contribution in [2.45, 2.75) is 19.4 Å². The average Bonchev–Trinajstić information content (AvgIpc) is 1.82. The monoisotopic (exact) mass is 195 g/mol. The van der Waals surface area contributed by atoms with Crippen LogP contribution in [0.5, 0.6) is 0 Å². The van der Waals surface area contributed by atoms with Crippen LogP contribution in [0.15, 0.2) is 0 Å². The van der Waals surface area contributed by atoms with Gasteiger partial charge in [-0.3, -0.25) is 0 Å². The Morgan fingerprint density at radius 2 is 2.44 bits per heavy atom. The van der Waals surface area contributed by atoms with Gasteiger partial charge >= 0.3 is 6.09 Å². The third kappa shape index (κ3) is 4.27. The van der Waals surface area contributed by atoms with Crippen LogP contribution in [0.4, 0.5) is 4.79 Å². The summed E-state index contributed by atoms with van der Waals surface area (Å²) in [6.45, 7) is 1.93. The van der Waals surface area contributed by atoms with Crippen molar-refractivity contribution >= 4 is 22.0 Å². The summed E-state index contributed by atoms with van der Waals surface area (Å²) in [6, 6.07) is 0. The standard InChI is InChI=1S/C5H10BrNO2/c1-2-4(3-6)9-5(7)8/h4H,2-3H2,1H3,(H2,7,8). The van der Waals surface area contributed by atoms with E-state index in [9.17, 15) is 4.79 Å². The first-order chi connectivity index (χ1) is 4.20. The summed E-state index contributed by atoms with van der Waals surface area (Å²) in [5.74, 6) is 0. The Morgan fingerprint density at radius 3 is 2.56 bits per heavy atom. The molecule has 1 unspecified atom stereocenters. The molecule has 3 nitrogen and oxygen atoms in total. The van der Waals surface area contributed by atoms with Crippen LogP contribution >= 0.6 is 15.9 Å². The number of carbonyl (C=O) groups is 1. The van der Waals surface area contributed by atoms with Crippen molar-refractivity contribution < 1.29 is 9.53 Å². The van der Waals surface area contributed by atoms with E-state index in [-0.39, 0.29) is 6.10 Å². The zero-order valence-corrected chi connectivity index (χ0v) is 6.85. The van der Waals surface area contributed by atoms with Gasteiger partial charge in [0.2, 0.25) is 0 Å². The van der Waals surface area contributed by atoms with Gasteiger partial charge in [-0.05, 0) is 6.42 Å². The van der Waals surface area contributed by atoms with E-state index in [0.717, 1.165) is 6.42 Å². The number of primary amides is 1. The van der Waals surface area contributed by atoms with E-state index in [1.165, 1.54) is 0 Å². The second-order valence-corrected chi connectivity index (χ2v) is 2.27. The van der Waals surface area contributed by atoms with Crippen LogP contribution in [0.1, 0.15) is 13.3 Å². The first-order valence-corrected chi connectivity index (χ1v) is 3.84. The van der Waals surface area contributed by atoms with Crippen molar-refractivity contribution in [1.29, 1.82) is 0 Å². The second kappa shape index (κ2) is 4.61. The maximum atomic E-state index is 10.1. The molecule has 0 bridgehead atoms. The van der Waals surface area contributed by atoms with Crippen molar-refractivity contribution in [3.63, 3.8) is 0 Å². The average molecular weight is 196 g/mol. The molecule has 2 N–H and O–H groups in total. The van der Waals surface area contributed by atoms with Crippen LogP contribution in [0, 0.1) is 0 Å². The maximum Gasteiger partial charge on any atom is 0.404 e. The van der Waals surface area contributed by atoms with Crippen molar-refractivity contribution in [3.05, 3.63) is 0 Å². The van der Waals surface area contributed by atoms with Gasteiger partial charge in [-0.2, -0.15) is 0 Å². The Hall–Kier alpha value is -0.250. The van der Waals surface area contributed by atoms with Gasteiger partial charge in [-0.25, -0.2) is 4.79 Å². The highest BCUT2D eigenvalue weighted by Crippen LogP contribution is 2.00. The summed E-state index contributed by atoms with van der Waals surface area (Å²) in [4.78, 5) is 10.1. The number of nitrogens with two attached hydrogens (primary N) is 1. The van der Waals surface area contributed by atoms with Gasteiger partial charge in [0.25, 0.3) is 0 Å². The van der Waals surface area contributed by atoms with Gasteiger partial charge in [-0.1, -0.05) is 22.9 Å². The van der Waals surface area contributed by atoms with Gasteiger partial charge in [0.15, 0.2) is 0 Å². The quantitative estimate of drug-likeness (QED) is 0.690. The minimum Gasteiger partial charge on any atom is -0.446 e. The van der Waals surface area contributed by atoms with Crippen LogP contribution in [0.3, 0.4) is 0 Å². The van der Waals surface area contributed by atoms with E-state index < -0.39 is 6.09 Å². The summed E-state index contributed by atoms with van der Waals surface area (Å²) in [5, 5.41) is 0.645. The molecule has 0 aromatic carbocycles. The van der Waals surface area contributed by atoms with Gasteiger partial charge in [0.1, 0.15) is 6.10 Å². The second-order valence-electron chi connectivity index (χ2n) is 1.62. The molecule has 4 heteroatoms. The highest BCUT2D eigenvalue weighted by atomic mass is 79.9. The first-order valence-electron chi connectivity index (χ1n) is 2.72. The predicted octanol–water partition coefficient (Wildman–Crippen LogP) is 1.26. The molecule has 0 rings (SSSR count). The van der Waals surface area contributed by atoms with E-state index in [0.29, 0.717) is 5.33 Å². The summed E-state index contributed by atoms with van der Waals surface area (Å²) < 4.78 is 4.64. The predicted molar refractivity (Wildman–Crippen MR) is 38.5 cm³/mol. The topological polar surface area (TPSA) is 52.3 Å². The van der Waals surface area contributed by atoms with E-state index in [1.54, 1.807) is 0 Å². The SMILES string of the molecule is CCC(CBr)OC(N)=O. The molecule has 54 valence electrons. The van der Waals surface area contributed by atoms with Crippen LogP contribution in [0.25, 0.3) is 0 Å². The molecule has 1 amide bonds. The normalized spacial score (nSPS) is 12.7. The van der Waals surface area contributed by atoms with Crippen LogP contribution in [-0.2, 0) is 4.74 Å². The van der Waals surface area contributed by atoms with Crippen LogP contribution in [-0.4, -0.2) is 17.5 Å². The zero-order chi connectivity index (χ0) is 7.28. The maximum absolute atomic E-state index is 10.1. The van der Waals surface area contributed by atoms with Gasteiger partial charge in [-0.15, -0.1) is 0 Å². The number of rotatable bonds is 3. The lowest BCUT2D eigenvalue weighted by atomic mass is 10.3. The first kappa shape index (κ1) is 8.75. The molecule has 0 spiro atoms. The lowest BCUT2D eigenvalue weighted by molar-refractivity contribution is 0.117. The molecule has 0 radical (unpaired) electrons. The lowest BCUT2D eigenvalue weighted by Crippen LogP contribution is -2.23. The number of alkyl halides is 1. The fourth-order valence-corrected chi connectivity index (χ4v) is 0.978. The molecule has 0 heterocycles. The Balaban J connectivity index is 3.43. The van der Waals surface area contributed by atoms with Crippen molar-refractivity contribution in [3.8, 4) is 0 Å². The molecular formula is C5H10BrNO2. The van der Waals surface area contributed by atoms with Gasteiger partial charge < -0.3 is 10.5 Å². The fraction of sp³-hybridized carbons (Fsp3) is 0.800. The largest absolute Gasteiger partial charge is 0.446 e. The third-order valence-electron chi connectivity index (χ3n) is 0.910. The highest BCUT2D eigenvalue weighted by Gasteiger charge is 2.06. The number of halogens is 1. The molecule has 1 atom stereocenters. The summed E-state index contributed by atoms with van der Waals surface area (Å²) in [6.07, 6.45) is -0.00225. The summed E-state index contributed by atoms with van der Waals surface area (Å²) >= 11 is 3.17. The minimum absolute atomic E-state index is 0.0810. The Labute approximate surface area is 62.7 Å². The van der Waals surface area contributed by atoms with Crippen LogP contribution in [0.2, 0.25) is 0 Å². The molecule has 0 fully saturated rings. The lowest BCUT2D eigenvalue weighted by Gasteiger charge is -2.09. The molecule has 9 heavy (non-hydrogen) atoms. The van der Waals surface area contributed by atoms with E-state index >= 15 is 0 Å². The minimum atomic E-state index is -0.707. The summed E-state index contributed by atoms with van der Waals surface area (Å²) in [5.41, 5.74) is 4.76. The molecule has 0 saturated heterocycles. The number of amides is 1. The van der Waals surface area contributed by atoms with E-state index in [4.69, 9.17) is 5.73 Å². The molecule has 0 aromatic rings. The molecule has 0 aromatic heterocycles. The summed E-state index contributed by atoms with van der Waals surface area (Å²) in [7, 11) is 0. The van der Waals surface area contributed by atoms with Crippen molar-refractivity contribution in [2.75, 3.05) is 5.33 Å². The smallest absolute Gasteiger partial charge is 0.404 e. The van der Waals surface area contributed by atoms with Gasteiger partial charge in [0, 0.05) is 5.33 Å². The molecule has 0 aliphatic rings. The van der Waals surface area contributed by atoms with E-state index in [2.05, 4.69) is 20.7 Å². The zero-order valence-electron chi connectivity index (χ0n) is 5.26. The van der Waals surface area contributed by atoms with E-state index in [1.807, 2.05) is 6.92 Å². The Morgan fingerprint density at radius 1 is 1.89 bits per heavy atom. The molecule has 0 aliphatic heterocycles. The number of hydrogen-bond donors (Lipinski definition) is 1. The fourth-order valence-electron chi connectivity index (χ4n) is 0.388. The Kier molecular flexibility index (Phi) is 4.48. The van der Waals surface area contributed by atoms with Crippen LogP contribution < -0.4 is 5.73 Å². The van der Waals surface area contributed by atoms with Crippen molar-refractivity contribution in [2.24, 2.45) is 5.73 Å². The Bertz CT molecular complexity index is 93.0.